The van der Waals surface area contributed by atoms with Crippen LogP contribution in [0.25, 0.3) is 0 Å². The molecule has 0 saturated carbocycles. The van der Waals surface area contributed by atoms with E-state index in [0.29, 0.717) is 18.7 Å². The molecule has 6 nitrogen and oxygen atoms in total. The Balaban J connectivity index is 1.80. The Morgan fingerprint density at radius 2 is 2.17 bits per heavy atom. The van der Waals surface area contributed by atoms with Crippen molar-refractivity contribution in [2.24, 2.45) is 0 Å². The molecule has 0 saturated heterocycles. The van der Waals surface area contributed by atoms with Crippen molar-refractivity contribution in [3.8, 4) is 0 Å². The molecule has 0 fully saturated rings. The summed E-state index contributed by atoms with van der Waals surface area (Å²) in [6.07, 6.45) is 2.89. The first-order valence-corrected chi connectivity index (χ1v) is 8.56. The van der Waals surface area contributed by atoms with Crippen LogP contribution in [0.2, 0.25) is 0 Å². The molecule has 2 aromatic heterocycles. The summed E-state index contributed by atoms with van der Waals surface area (Å²) in [4.78, 5) is 29.6. The monoisotopic (exact) mass is 347 g/mol. The molecule has 0 radical (unpaired) electrons. The smallest absolute Gasteiger partial charge is 0.348 e. The summed E-state index contributed by atoms with van der Waals surface area (Å²) in [5.41, 5.74) is 1.38. The summed E-state index contributed by atoms with van der Waals surface area (Å²) in [6.45, 7) is 2.68. The number of likely N-dealkylation sites (N-methyl/N-ethyl adjacent to an activating group) is 1. The number of aromatic carboxylic acids is 1. The van der Waals surface area contributed by atoms with Gasteiger partial charge in [0.15, 0.2) is 0 Å². The van der Waals surface area contributed by atoms with Gasteiger partial charge in [-0.1, -0.05) is 6.07 Å². The lowest BCUT2D eigenvalue weighted by atomic mass is 10.1. The molecule has 7 heteroatoms. The van der Waals surface area contributed by atoms with E-state index in [-0.39, 0.29) is 16.8 Å². The molecule has 0 aliphatic heterocycles. The molecule has 128 valence electrons. The molecular weight excluding hydrogens is 326 g/mol. The predicted octanol–water partition coefficient (Wildman–Crippen LogP) is 2.73. The summed E-state index contributed by atoms with van der Waals surface area (Å²) in [5, 5.41) is 13.4. The van der Waals surface area contributed by atoms with Crippen molar-refractivity contribution in [2.75, 3.05) is 18.9 Å². The minimum Gasteiger partial charge on any atom is -0.477 e. The Morgan fingerprint density at radius 3 is 2.83 bits per heavy atom. The number of carboxylic acid groups (broad SMARTS) is 1. The molecular formula is C17H21N3O3S. The summed E-state index contributed by atoms with van der Waals surface area (Å²) >= 11 is 1.10. The van der Waals surface area contributed by atoms with Crippen LogP contribution in [0.15, 0.2) is 35.8 Å². The molecule has 1 amide bonds. The van der Waals surface area contributed by atoms with E-state index >= 15 is 0 Å². The highest BCUT2D eigenvalue weighted by atomic mass is 32.1. The molecule has 24 heavy (non-hydrogen) atoms. The first-order valence-electron chi connectivity index (χ1n) is 7.68. The second-order valence-corrected chi connectivity index (χ2v) is 6.54. The van der Waals surface area contributed by atoms with Gasteiger partial charge in [-0.25, -0.2) is 4.79 Å². The SMILES string of the molecule is C[C@H](Cc1ccccn1)N(C)CCC(=O)Nc1ccsc1C(=O)O. The van der Waals surface area contributed by atoms with Crippen LogP contribution in [-0.4, -0.2) is 46.5 Å². The third kappa shape index (κ3) is 5.14. The van der Waals surface area contributed by atoms with Crippen molar-refractivity contribution in [1.82, 2.24) is 9.88 Å². The van der Waals surface area contributed by atoms with Crippen LogP contribution in [0.1, 0.15) is 28.7 Å². The van der Waals surface area contributed by atoms with E-state index in [1.54, 1.807) is 17.6 Å². The molecule has 2 rings (SSSR count). The molecule has 0 aromatic carbocycles. The fourth-order valence-corrected chi connectivity index (χ4v) is 2.95. The zero-order valence-corrected chi connectivity index (χ0v) is 14.5. The summed E-state index contributed by atoms with van der Waals surface area (Å²) in [7, 11) is 1.97. The van der Waals surface area contributed by atoms with Crippen LogP contribution < -0.4 is 5.32 Å². The van der Waals surface area contributed by atoms with E-state index in [0.717, 1.165) is 23.5 Å². The number of nitrogens with zero attached hydrogens (tertiary/aromatic N) is 2. The van der Waals surface area contributed by atoms with Gasteiger partial charge in [-0.15, -0.1) is 11.3 Å². The normalized spacial score (nSPS) is 12.1. The molecule has 0 aliphatic rings. The fourth-order valence-electron chi connectivity index (χ4n) is 2.26. The van der Waals surface area contributed by atoms with Gasteiger partial charge in [-0.2, -0.15) is 0 Å². The minimum atomic E-state index is -1.03. The summed E-state index contributed by atoms with van der Waals surface area (Å²) in [6, 6.07) is 7.70. The Kier molecular flexibility index (Phi) is 6.45. The third-order valence-corrected chi connectivity index (χ3v) is 4.71. The average molecular weight is 347 g/mol. The third-order valence-electron chi connectivity index (χ3n) is 3.81. The number of thiophene rings is 1. The van der Waals surface area contributed by atoms with E-state index in [2.05, 4.69) is 22.1 Å². The molecule has 0 unspecified atom stereocenters. The molecule has 0 bridgehead atoms. The molecule has 2 N–H and O–H groups in total. The van der Waals surface area contributed by atoms with Crippen LogP contribution in [0, 0.1) is 0 Å². The number of rotatable bonds is 8. The van der Waals surface area contributed by atoms with Gasteiger partial charge < -0.3 is 15.3 Å². The van der Waals surface area contributed by atoms with Crippen molar-refractivity contribution in [3.05, 3.63) is 46.4 Å². The molecule has 1 atom stereocenters. The lowest BCUT2D eigenvalue weighted by Gasteiger charge is -2.24. The highest BCUT2D eigenvalue weighted by Gasteiger charge is 2.16. The molecule has 2 heterocycles. The van der Waals surface area contributed by atoms with Crippen LogP contribution >= 0.6 is 11.3 Å². The lowest BCUT2D eigenvalue weighted by molar-refractivity contribution is -0.116. The van der Waals surface area contributed by atoms with E-state index < -0.39 is 5.97 Å². The van der Waals surface area contributed by atoms with Crippen molar-refractivity contribution in [1.29, 1.82) is 0 Å². The zero-order chi connectivity index (χ0) is 17.5. The number of carbonyl (C=O) groups excluding carboxylic acids is 1. The first kappa shape index (κ1) is 18.1. The quantitative estimate of drug-likeness (QED) is 0.767. The number of carboxylic acids is 1. The van der Waals surface area contributed by atoms with Gasteiger partial charge in [0.05, 0.1) is 5.69 Å². The fraction of sp³-hybridized carbons (Fsp3) is 0.353. The number of aromatic nitrogens is 1. The van der Waals surface area contributed by atoms with Gasteiger partial charge in [0.2, 0.25) is 5.91 Å². The minimum absolute atomic E-state index is 0.153. The van der Waals surface area contributed by atoms with Crippen LogP contribution in [0.4, 0.5) is 5.69 Å². The summed E-state index contributed by atoms with van der Waals surface area (Å²) in [5.74, 6) is -1.21. The van der Waals surface area contributed by atoms with Crippen molar-refractivity contribution < 1.29 is 14.7 Å². The predicted molar refractivity (Wildman–Crippen MR) is 94.6 cm³/mol. The summed E-state index contributed by atoms with van der Waals surface area (Å²) < 4.78 is 0. The Morgan fingerprint density at radius 1 is 1.38 bits per heavy atom. The van der Waals surface area contributed by atoms with E-state index in [1.807, 2.05) is 25.2 Å². The maximum absolute atomic E-state index is 12.0. The second-order valence-electron chi connectivity index (χ2n) is 5.62. The van der Waals surface area contributed by atoms with Gasteiger partial charge in [-0.3, -0.25) is 9.78 Å². The van der Waals surface area contributed by atoms with Crippen molar-refractivity contribution in [3.63, 3.8) is 0 Å². The van der Waals surface area contributed by atoms with Crippen LogP contribution in [0.3, 0.4) is 0 Å². The Bertz CT molecular complexity index is 687. The number of pyridine rings is 1. The van der Waals surface area contributed by atoms with E-state index in [1.165, 1.54) is 0 Å². The van der Waals surface area contributed by atoms with Crippen LogP contribution in [-0.2, 0) is 11.2 Å². The molecule has 0 spiro atoms. The largest absolute Gasteiger partial charge is 0.477 e. The topological polar surface area (TPSA) is 82.5 Å². The number of hydrogen-bond donors (Lipinski definition) is 2. The number of anilines is 1. The zero-order valence-electron chi connectivity index (χ0n) is 13.7. The van der Waals surface area contributed by atoms with Gasteiger partial charge in [0, 0.05) is 37.3 Å². The highest BCUT2D eigenvalue weighted by Crippen LogP contribution is 2.22. The van der Waals surface area contributed by atoms with Gasteiger partial charge in [-0.05, 0) is 37.6 Å². The average Bonchev–Trinajstić information content (AvgIpc) is 3.01. The Hall–Kier alpha value is -2.25. The van der Waals surface area contributed by atoms with Crippen molar-refractivity contribution >= 4 is 28.9 Å². The highest BCUT2D eigenvalue weighted by molar-refractivity contribution is 7.12. The van der Waals surface area contributed by atoms with Crippen LogP contribution in [0.5, 0.6) is 0 Å². The molecule has 0 aliphatic carbocycles. The van der Waals surface area contributed by atoms with Crippen molar-refractivity contribution in [2.45, 2.75) is 25.8 Å². The number of nitrogens with one attached hydrogen (secondary N) is 1. The van der Waals surface area contributed by atoms with E-state index in [4.69, 9.17) is 5.11 Å². The number of hydrogen-bond acceptors (Lipinski definition) is 5. The maximum Gasteiger partial charge on any atom is 0.348 e. The first-order chi connectivity index (χ1) is 11.5. The number of carbonyl (C=O) groups is 2. The standard InChI is InChI=1S/C17H21N3O3S/c1-12(11-13-5-3-4-8-18-13)20(2)9-6-15(21)19-14-7-10-24-16(14)17(22)23/h3-5,7-8,10,12H,6,9,11H2,1-2H3,(H,19,21)(H,22,23)/t12-/m1/s1. The maximum atomic E-state index is 12.0. The van der Waals surface area contributed by atoms with Gasteiger partial charge in [0.25, 0.3) is 0 Å². The Labute approximate surface area is 145 Å². The van der Waals surface area contributed by atoms with Gasteiger partial charge >= 0.3 is 5.97 Å². The number of amides is 1. The van der Waals surface area contributed by atoms with Gasteiger partial charge in [0.1, 0.15) is 4.88 Å². The lowest BCUT2D eigenvalue weighted by Crippen LogP contribution is -2.33. The molecule has 2 aromatic rings. The second kappa shape index (κ2) is 8.56. The van der Waals surface area contributed by atoms with E-state index in [9.17, 15) is 9.59 Å².